The smallest absolute Gasteiger partial charge is 0.0597 e. The van der Waals surface area contributed by atoms with E-state index in [0.717, 1.165) is 51.4 Å². The SMILES string of the molecule is C1=CCC(C2C=CC(N(C3=CCCc4c3sc3c4CCc4c-3c3c(n4-c4ccccc4)CCC=C3)c3ccc(-c4ccccc4)cc3)=CC2)C=C1. The fraction of sp³-hybridized carbons (Fsp3) is 0.208. The maximum absolute atomic E-state index is 2.61. The molecule has 3 aromatic carbocycles. The van der Waals surface area contributed by atoms with Crippen LogP contribution in [0.1, 0.15) is 58.6 Å². The summed E-state index contributed by atoms with van der Waals surface area (Å²) in [6.45, 7) is 0. The van der Waals surface area contributed by atoms with Crippen molar-refractivity contribution in [1.82, 2.24) is 4.57 Å². The van der Waals surface area contributed by atoms with Gasteiger partial charge in [0.15, 0.2) is 0 Å². The van der Waals surface area contributed by atoms with Crippen molar-refractivity contribution < 1.29 is 0 Å². The second kappa shape index (κ2) is 12.9. The fourth-order valence-corrected chi connectivity index (χ4v) is 10.6. The highest BCUT2D eigenvalue weighted by molar-refractivity contribution is 7.17. The van der Waals surface area contributed by atoms with Crippen LogP contribution in [0, 0.1) is 11.8 Å². The van der Waals surface area contributed by atoms with Gasteiger partial charge < -0.3 is 9.47 Å². The van der Waals surface area contributed by atoms with E-state index in [-0.39, 0.29) is 0 Å². The monoisotopic (exact) mass is 678 g/mol. The summed E-state index contributed by atoms with van der Waals surface area (Å²) in [4.78, 5) is 5.55. The predicted octanol–water partition coefficient (Wildman–Crippen LogP) is 12.3. The Bertz CT molecular complexity index is 2300. The van der Waals surface area contributed by atoms with E-state index in [1.54, 1.807) is 11.1 Å². The standard InChI is InChI=1S/C48H42N2S/c1-4-13-33(14-5-1)35-23-27-38(28-24-35)49(39-29-25-36(26-30-39)34-15-6-2-7-16-34)45-22-12-20-40-41-31-32-44-46(48(41)51-47(40)45)42-19-10-11-21-43(42)50(44)37-17-8-3-9-18-37/h1-10,13-15,17-19,22-25,27-30,34,36H,11-12,16,20-21,26,31-32H2. The van der Waals surface area contributed by atoms with Crippen molar-refractivity contribution in [3.05, 3.63) is 178 Å². The first kappa shape index (κ1) is 30.7. The number of rotatable bonds is 6. The number of allylic oxidation sites excluding steroid dienone is 9. The van der Waals surface area contributed by atoms with Gasteiger partial charge in [-0.15, -0.1) is 11.3 Å². The van der Waals surface area contributed by atoms with Crippen LogP contribution in [0.15, 0.2) is 145 Å². The first-order valence-electron chi connectivity index (χ1n) is 18.8. The molecule has 0 spiro atoms. The molecule has 3 heteroatoms. The third-order valence-corrected chi connectivity index (χ3v) is 12.9. The molecule has 5 aliphatic carbocycles. The second-order valence-corrected chi connectivity index (χ2v) is 15.5. The topological polar surface area (TPSA) is 8.17 Å². The number of benzene rings is 3. The van der Waals surface area contributed by atoms with E-state index >= 15 is 0 Å². The van der Waals surface area contributed by atoms with Gasteiger partial charge >= 0.3 is 0 Å². The van der Waals surface area contributed by atoms with Crippen LogP contribution in [0.25, 0.3) is 39.0 Å². The molecule has 2 aromatic heterocycles. The number of para-hydroxylation sites is 1. The van der Waals surface area contributed by atoms with Crippen LogP contribution < -0.4 is 4.90 Å². The molecule has 0 bridgehead atoms. The van der Waals surface area contributed by atoms with Gasteiger partial charge in [-0.3, -0.25) is 0 Å². The van der Waals surface area contributed by atoms with E-state index in [0.29, 0.717) is 11.8 Å². The number of anilines is 1. The summed E-state index contributed by atoms with van der Waals surface area (Å²) in [5.74, 6) is 1.11. The van der Waals surface area contributed by atoms with E-state index < -0.39 is 0 Å². The van der Waals surface area contributed by atoms with Gasteiger partial charge in [-0.1, -0.05) is 115 Å². The third kappa shape index (κ3) is 5.29. The Morgan fingerprint density at radius 2 is 1.39 bits per heavy atom. The normalized spacial score (nSPS) is 19.8. The number of hydrogen-bond donors (Lipinski definition) is 0. The van der Waals surface area contributed by atoms with Gasteiger partial charge in [0.25, 0.3) is 0 Å². The van der Waals surface area contributed by atoms with Crippen LogP contribution in [-0.4, -0.2) is 4.57 Å². The number of fused-ring (bicyclic) bond motifs is 7. The van der Waals surface area contributed by atoms with Crippen LogP contribution in [0.3, 0.4) is 0 Å². The minimum absolute atomic E-state index is 0.536. The molecule has 0 N–H and O–H groups in total. The lowest BCUT2D eigenvalue weighted by Gasteiger charge is -2.33. The molecule has 2 atom stereocenters. The Labute approximate surface area is 305 Å². The summed E-state index contributed by atoms with van der Waals surface area (Å²) in [5.41, 5.74) is 16.8. The van der Waals surface area contributed by atoms with Crippen molar-refractivity contribution >= 4 is 28.8 Å². The highest BCUT2D eigenvalue weighted by Crippen LogP contribution is 2.52. The molecule has 10 rings (SSSR count). The van der Waals surface area contributed by atoms with Crippen molar-refractivity contribution in [2.75, 3.05) is 4.90 Å². The summed E-state index contributed by atoms with van der Waals surface area (Å²) < 4.78 is 2.61. The summed E-state index contributed by atoms with van der Waals surface area (Å²) in [5, 5.41) is 0. The molecule has 5 aliphatic rings. The molecule has 2 nitrogen and oxygen atoms in total. The van der Waals surface area contributed by atoms with Crippen LogP contribution in [0.5, 0.6) is 0 Å². The lowest BCUT2D eigenvalue weighted by atomic mass is 9.82. The minimum Gasteiger partial charge on any atom is -0.317 e. The van der Waals surface area contributed by atoms with Gasteiger partial charge in [0.05, 0.1) is 10.6 Å². The van der Waals surface area contributed by atoms with Gasteiger partial charge in [-0.05, 0) is 116 Å². The lowest BCUT2D eigenvalue weighted by molar-refractivity contribution is 0.476. The molecule has 5 aromatic rings. The maximum Gasteiger partial charge on any atom is 0.0597 e. The van der Waals surface area contributed by atoms with Gasteiger partial charge in [0.1, 0.15) is 0 Å². The van der Waals surface area contributed by atoms with Crippen LogP contribution in [0.4, 0.5) is 5.69 Å². The number of aromatic nitrogens is 1. The molecular formula is C48H42N2S. The maximum atomic E-state index is 2.61. The molecular weight excluding hydrogens is 637 g/mol. The zero-order valence-corrected chi connectivity index (χ0v) is 29.8. The fourth-order valence-electron chi connectivity index (χ4n) is 9.13. The van der Waals surface area contributed by atoms with E-state index in [1.165, 1.54) is 66.2 Å². The van der Waals surface area contributed by atoms with Crippen molar-refractivity contribution in [3.63, 3.8) is 0 Å². The Kier molecular flexibility index (Phi) is 7.75. The quantitative estimate of drug-likeness (QED) is 0.174. The van der Waals surface area contributed by atoms with Crippen molar-refractivity contribution in [2.45, 2.75) is 51.4 Å². The minimum atomic E-state index is 0.536. The molecule has 0 radical (unpaired) electrons. The zero-order valence-electron chi connectivity index (χ0n) is 29.0. The Hall–Kier alpha value is -5.12. The number of nitrogens with zero attached hydrogens (tertiary/aromatic N) is 2. The molecule has 2 heterocycles. The summed E-state index contributed by atoms with van der Waals surface area (Å²) >= 11 is 2.05. The number of thiophene rings is 1. The first-order valence-corrected chi connectivity index (χ1v) is 19.6. The van der Waals surface area contributed by atoms with E-state index in [2.05, 4.69) is 166 Å². The Morgan fingerprint density at radius 3 is 2.18 bits per heavy atom. The largest absolute Gasteiger partial charge is 0.317 e. The van der Waals surface area contributed by atoms with Crippen molar-refractivity contribution in [2.24, 2.45) is 11.8 Å². The van der Waals surface area contributed by atoms with E-state index in [4.69, 9.17) is 0 Å². The molecule has 0 aliphatic heterocycles. The summed E-state index contributed by atoms with van der Waals surface area (Å²) in [6, 6.07) is 31.1. The first-order chi connectivity index (χ1) is 25.3. The molecule has 0 saturated heterocycles. The molecule has 0 saturated carbocycles. The van der Waals surface area contributed by atoms with Crippen molar-refractivity contribution in [3.8, 4) is 27.3 Å². The molecule has 0 fully saturated rings. The van der Waals surface area contributed by atoms with Gasteiger partial charge in [0, 0.05) is 44.5 Å². The van der Waals surface area contributed by atoms with E-state index in [1.807, 2.05) is 0 Å². The summed E-state index contributed by atoms with van der Waals surface area (Å²) in [6.07, 6.45) is 32.6. The molecule has 0 amide bonds. The molecule has 51 heavy (non-hydrogen) atoms. The Balaban J connectivity index is 1.08. The Morgan fingerprint density at radius 1 is 0.608 bits per heavy atom. The second-order valence-electron chi connectivity index (χ2n) is 14.5. The predicted molar refractivity (Wildman–Crippen MR) is 216 cm³/mol. The number of hydrogen-bond acceptors (Lipinski definition) is 2. The zero-order chi connectivity index (χ0) is 33.7. The average Bonchev–Trinajstić information content (AvgIpc) is 3.76. The van der Waals surface area contributed by atoms with Crippen molar-refractivity contribution in [1.29, 1.82) is 0 Å². The highest BCUT2D eigenvalue weighted by Gasteiger charge is 2.35. The van der Waals surface area contributed by atoms with Crippen LogP contribution in [-0.2, 0) is 25.7 Å². The van der Waals surface area contributed by atoms with Gasteiger partial charge in [-0.2, -0.15) is 0 Å². The average molecular weight is 679 g/mol. The van der Waals surface area contributed by atoms with Crippen LogP contribution in [0.2, 0.25) is 0 Å². The molecule has 250 valence electrons. The van der Waals surface area contributed by atoms with Crippen LogP contribution >= 0.6 is 11.3 Å². The van der Waals surface area contributed by atoms with Gasteiger partial charge in [-0.25, -0.2) is 0 Å². The highest BCUT2D eigenvalue weighted by atomic mass is 32.1. The third-order valence-electron chi connectivity index (χ3n) is 11.6. The van der Waals surface area contributed by atoms with E-state index in [9.17, 15) is 0 Å². The lowest BCUT2D eigenvalue weighted by Crippen LogP contribution is -2.24. The molecule has 2 unspecified atom stereocenters. The summed E-state index contributed by atoms with van der Waals surface area (Å²) in [7, 11) is 0. The van der Waals surface area contributed by atoms with Gasteiger partial charge in [0.2, 0.25) is 0 Å².